The first kappa shape index (κ1) is 14.2. The molecule has 0 atom stereocenters. The second kappa shape index (κ2) is 5.93. The molecule has 3 N–H and O–H groups in total. The van der Waals surface area contributed by atoms with Crippen molar-refractivity contribution in [1.29, 1.82) is 0 Å². The van der Waals surface area contributed by atoms with Gasteiger partial charge in [-0.25, -0.2) is 0 Å². The molecule has 1 saturated heterocycles. The van der Waals surface area contributed by atoms with Gasteiger partial charge in [-0.05, 0) is 31.0 Å². The Morgan fingerprint density at radius 3 is 2.43 bits per heavy atom. The lowest BCUT2D eigenvalue weighted by Crippen LogP contribution is -2.51. The van der Waals surface area contributed by atoms with E-state index in [-0.39, 0.29) is 11.7 Å². The van der Waals surface area contributed by atoms with Gasteiger partial charge in [-0.3, -0.25) is 9.69 Å². The summed E-state index contributed by atoms with van der Waals surface area (Å²) in [6.07, 6.45) is 5.29. The fraction of sp³-hybridized carbons (Fsp3) is 0.562. The molecule has 1 aliphatic heterocycles. The molecule has 1 saturated carbocycles. The summed E-state index contributed by atoms with van der Waals surface area (Å²) in [5.41, 5.74) is 6.39. The van der Waals surface area contributed by atoms with Crippen LogP contribution in [0.4, 0.5) is 5.69 Å². The third kappa shape index (κ3) is 2.97. The number of piperazine rings is 1. The Labute approximate surface area is 125 Å². The lowest BCUT2D eigenvalue weighted by Gasteiger charge is -2.38. The summed E-state index contributed by atoms with van der Waals surface area (Å²) in [6, 6.07) is 5.45. The lowest BCUT2D eigenvalue weighted by molar-refractivity contribution is 0.0573. The minimum Gasteiger partial charge on any atom is -0.506 e. The topological polar surface area (TPSA) is 69.8 Å². The van der Waals surface area contributed by atoms with E-state index in [0.29, 0.717) is 11.3 Å². The highest BCUT2D eigenvalue weighted by atomic mass is 16.3. The van der Waals surface area contributed by atoms with Gasteiger partial charge in [0.1, 0.15) is 5.75 Å². The molecule has 1 amide bonds. The van der Waals surface area contributed by atoms with Crippen molar-refractivity contribution in [2.75, 3.05) is 31.9 Å². The number of phenols is 1. The molecule has 1 aromatic carbocycles. The molecule has 0 bridgehead atoms. The summed E-state index contributed by atoms with van der Waals surface area (Å²) >= 11 is 0. The number of anilines is 1. The van der Waals surface area contributed by atoms with Crippen LogP contribution in [0.15, 0.2) is 18.2 Å². The largest absolute Gasteiger partial charge is 0.506 e. The molecule has 1 heterocycles. The normalized spacial score (nSPS) is 20.9. The van der Waals surface area contributed by atoms with Gasteiger partial charge < -0.3 is 15.7 Å². The van der Waals surface area contributed by atoms with E-state index in [1.807, 2.05) is 4.90 Å². The van der Waals surface area contributed by atoms with E-state index < -0.39 is 0 Å². The number of carbonyl (C=O) groups excluding carboxylic acids is 1. The summed E-state index contributed by atoms with van der Waals surface area (Å²) in [6.45, 7) is 3.44. The highest BCUT2D eigenvalue weighted by Gasteiger charge is 2.28. The Kier molecular flexibility index (Phi) is 4.01. The predicted molar refractivity (Wildman–Crippen MR) is 82.3 cm³/mol. The van der Waals surface area contributed by atoms with E-state index in [1.165, 1.54) is 31.7 Å². The lowest BCUT2D eigenvalue weighted by atomic mass is 10.1. The van der Waals surface area contributed by atoms with Crippen LogP contribution in [0.3, 0.4) is 0 Å². The summed E-state index contributed by atoms with van der Waals surface area (Å²) in [5, 5.41) is 9.63. The van der Waals surface area contributed by atoms with Gasteiger partial charge in [-0.1, -0.05) is 12.8 Å². The van der Waals surface area contributed by atoms with Gasteiger partial charge in [0.2, 0.25) is 0 Å². The SMILES string of the molecule is Nc1ccc(C(=O)N2CCN(C3CCCC3)CC2)cc1O. The maximum atomic E-state index is 12.4. The standard InChI is InChI=1S/C16H23N3O2/c17-14-6-5-12(11-15(14)20)16(21)19-9-7-18(8-10-19)13-3-1-2-4-13/h5-6,11,13,20H,1-4,7-10,17H2. The molecule has 21 heavy (non-hydrogen) atoms. The van der Waals surface area contributed by atoms with Gasteiger partial charge in [0, 0.05) is 37.8 Å². The molecule has 0 spiro atoms. The van der Waals surface area contributed by atoms with Crippen molar-refractivity contribution in [3.8, 4) is 5.75 Å². The van der Waals surface area contributed by atoms with Crippen LogP contribution in [-0.4, -0.2) is 53.0 Å². The fourth-order valence-electron chi connectivity index (χ4n) is 3.42. The summed E-state index contributed by atoms with van der Waals surface area (Å²) in [7, 11) is 0. The van der Waals surface area contributed by atoms with Gasteiger partial charge in [-0.15, -0.1) is 0 Å². The Bertz CT molecular complexity index is 518. The van der Waals surface area contributed by atoms with E-state index in [0.717, 1.165) is 32.2 Å². The average molecular weight is 289 g/mol. The number of hydrogen-bond acceptors (Lipinski definition) is 4. The van der Waals surface area contributed by atoms with Crippen molar-refractivity contribution < 1.29 is 9.90 Å². The van der Waals surface area contributed by atoms with Gasteiger partial charge >= 0.3 is 0 Å². The van der Waals surface area contributed by atoms with Crippen LogP contribution in [0, 0.1) is 0 Å². The number of rotatable bonds is 2. The predicted octanol–water partition coefficient (Wildman–Crippen LogP) is 1.67. The van der Waals surface area contributed by atoms with E-state index in [9.17, 15) is 9.90 Å². The summed E-state index contributed by atoms with van der Waals surface area (Å²) in [4.78, 5) is 16.8. The maximum absolute atomic E-state index is 12.4. The van der Waals surface area contributed by atoms with Crippen molar-refractivity contribution in [3.63, 3.8) is 0 Å². The molecule has 5 nitrogen and oxygen atoms in total. The van der Waals surface area contributed by atoms with Crippen LogP contribution in [0.5, 0.6) is 5.75 Å². The van der Waals surface area contributed by atoms with E-state index in [4.69, 9.17) is 5.73 Å². The summed E-state index contributed by atoms with van der Waals surface area (Å²) in [5.74, 6) is -0.0400. The molecule has 1 aliphatic carbocycles. The third-order valence-electron chi connectivity index (χ3n) is 4.72. The number of hydrogen-bond donors (Lipinski definition) is 2. The number of phenolic OH excluding ortho intramolecular Hbond substituents is 1. The monoisotopic (exact) mass is 289 g/mol. The van der Waals surface area contributed by atoms with Crippen LogP contribution in [0.25, 0.3) is 0 Å². The average Bonchev–Trinajstić information content (AvgIpc) is 3.04. The molecule has 0 aromatic heterocycles. The van der Waals surface area contributed by atoms with E-state index in [2.05, 4.69) is 4.90 Å². The number of benzene rings is 1. The Morgan fingerprint density at radius 2 is 1.81 bits per heavy atom. The van der Waals surface area contributed by atoms with Gasteiger partial charge in [0.05, 0.1) is 5.69 Å². The highest BCUT2D eigenvalue weighted by molar-refractivity contribution is 5.95. The number of aromatic hydroxyl groups is 1. The van der Waals surface area contributed by atoms with E-state index >= 15 is 0 Å². The molecule has 114 valence electrons. The van der Waals surface area contributed by atoms with Crippen LogP contribution < -0.4 is 5.73 Å². The van der Waals surface area contributed by atoms with Crippen LogP contribution in [0.2, 0.25) is 0 Å². The number of nitrogens with two attached hydrogens (primary N) is 1. The second-order valence-corrected chi connectivity index (χ2v) is 6.04. The van der Waals surface area contributed by atoms with Crippen LogP contribution in [-0.2, 0) is 0 Å². The zero-order valence-electron chi connectivity index (χ0n) is 12.3. The Hall–Kier alpha value is -1.75. The Balaban J connectivity index is 1.60. The smallest absolute Gasteiger partial charge is 0.254 e. The van der Waals surface area contributed by atoms with Crippen molar-refractivity contribution in [2.24, 2.45) is 0 Å². The van der Waals surface area contributed by atoms with Crippen molar-refractivity contribution in [2.45, 2.75) is 31.7 Å². The molecular weight excluding hydrogens is 266 g/mol. The highest BCUT2D eigenvalue weighted by Crippen LogP contribution is 2.25. The second-order valence-electron chi connectivity index (χ2n) is 6.04. The van der Waals surface area contributed by atoms with Crippen molar-refractivity contribution in [1.82, 2.24) is 9.80 Å². The zero-order chi connectivity index (χ0) is 14.8. The number of carbonyl (C=O) groups is 1. The van der Waals surface area contributed by atoms with Crippen LogP contribution >= 0.6 is 0 Å². The Morgan fingerprint density at radius 1 is 1.14 bits per heavy atom. The molecule has 2 aliphatic rings. The zero-order valence-corrected chi connectivity index (χ0v) is 12.3. The maximum Gasteiger partial charge on any atom is 0.254 e. The number of nitrogen functional groups attached to an aromatic ring is 1. The number of nitrogens with zero attached hydrogens (tertiary/aromatic N) is 2. The van der Waals surface area contributed by atoms with Crippen molar-refractivity contribution in [3.05, 3.63) is 23.8 Å². The molecule has 3 rings (SSSR count). The summed E-state index contributed by atoms with van der Waals surface area (Å²) < 4.78 is 0. The molecule has 0 radical (unpaired) electrons. The fourth-order valence-corrected chi connectivity index (χ4v) is 3.42. The first-order valence-corrected chi connectivity index (χ1v) is 7.77. The first-order chi connectivity index (χ1) is 10.1. The third-order valence-corrected chi connectivity index (χ3v) is 4.72. The molecule has 1 aromatic rings. The minimum absolute atomic E-state index is 0.0172. The van der Waals surface area contributed by atoms with E-state index in [1.54, 1.807) is 12.1 Å². The molecular formula is C16H23N3O2. The number of amides is 1. The van der Waals surface area contributed by atoms with Gasteiger partial charge in [-0.2, -0.15) is 0 Å². The quantitative estimate of drug-likeness (QED) is 0.642. The molecule has 0 unspecified atom stereocenters. The van der Waals surface area contributed by atoms with Gasteiger partial charge in [0.15, 0.2) is 0 Å². The van der Waals surface area contributed by atoms with Crippen LogP contribution in [0.1, 0.15) is 36.0 Å². The molecule has 5 heteroatoms. The minimum atomic E-state index is -0.0227. The van der Waals surface area contributed by atoms with Gasteiger partial charge in [0.25, 0.3) is 5.91 Å². The molecule has 2 fully saturated rings. The first-order valence-electron chi connectivity index (χ1n) is 7.77. The van der Waals surface area contributed by atoms with Crippen molar-refractivity contribution >= 4 is 11.6 Å².